The molecule has 0 aliphatic carbocycles. The third kappa shape index (κ3) is 4.07. The molecule has 23 heavy (non-hydrogen) atoms. The van der Waals surface area contributed by atoms with Gasteiger partial charge >= 0.3 is 0 Å². The topological polar surface area (TPSA) is 98.5 Å². The fourth-order valence-corrected chi connectivity index (χ4v) is 3.05. The molecule has 0 unspecified atom stereocenters. The monoisotopic (exact) mass is 334 g/mol. The zero-order valence-electron chi connectivity index (χ0n) is 12.0. The first kappa shape index (κ1) is 16.5. The van der Waals surface area contributed by atoms with E-state index in [9.17, 15) is 18.5 Å². The lowest BCUT2D eigenvalue weighted by atomic mass is 10.3. The van der Waals surface area contributed by atoms with Crippen molar-refractivity contribution < 1.29 is 18.1 Å². The predicted molar refractivity (Wildman–Crippen MR) is 86.0 cm³/mol. The van der Waals surface area contributed by atoms with E-state index in [-0.39, 0.29) is 5.69 Å². The van der Waals surface area contributed by atoms with Crippen LogP contribution < -0.4 is 9.46 Å². The fourth-order valence-electron chi connectivity index (χ4n) is 1.82. The number of nitro groups is 1. The molecule has 0 atom stereocenters. The Bertz CT molecular complexity index is 816. The predicted octanol–water partition coefficient (Wildman–Crippen LogP) is 2.96. The van der Waals surface area contributed by atoms with Crippen LogP contribution in [0.15, 0.2) is 66.1 Å². The molecule has 120 valence electrons. The molecular weight excluding hydrogens is 320 g/mol. The van der Waals surface area contributed by atoms with Crippen molar-refractivity contribution in [2.75, 3.05) is 11.3 Å². The van der Waals surface area contributed by atoms with Gasteiger partial charge in [-0.25, -0.2) is 8.42 Å². The van der Waals surface area contributed by atoms with Gasteiger partial charge in [0.25, 0.3) is 15.7 Å². The maximum atomic E-state index is 12.3. The number of hydrogen-bond acceptors (Lipinski definition) is 5. The van der Waals surface area contributed by atoms with Gasteiger partial charge in [0.15, 0.2) is 4.90 Å². The van der Waals surface area contributed by atoms with E-state index in [1.165, 1.54) is 30.3 Å². The number of nitrogens with one attached hydrogen (secondary N) is 1. The molecule has 0 heterocycles. The number of benzene rings is 2. The van der Waals surface area contributed by atoms with Gasteiger partial charge < -0.3 is 4.74 Å². The third-order valence-electron chi connectivity index (χ3n) is 2.83. The number of ether oxygens (including phenoxy) is 1. The second-order valence-electron chi connectivity index (χ2n) is 4.45. The summed E-state index contributed by atoms with van der Waals surface area (Å²) in [5.41, 5.74) is -0.208. The van der Waals surface area contributed by atoms with Crippen molar-refractivity contribution in [1.29, 1.82) is 0 Å². The van der Waals surface area contributed by atoms with E-state index < -0.39 is 25.5 Å². The molecule has 8 heteroatoms. The molecule has 7 nitrogen and oxygen atoms in total. The average molecular weight is 334 g/mol. The van der Waals surface area contributed by atoms with Crippen molar-refractivity contribution in [3.05, 3.63) is 71.3 Å². The minimum absolute atomic E-state index is 0.272. The van der Waals surface area contributed by atoms with Gasteiger partial charge in [-0.05, 0) is 30.3 Å². The molecule has 0 saturated heterocycles. The Morgan fingerprint density at radius 2 is 1.83 bits per heavy atom. The Morgan fingerprint density at radius 1 is 1.17 bits per heavy atom. The number of anilines is 1. The van der Waals surface area contributed by atoms with E-state index in [0.717, 1.165) is 6.07 Å². The van der Waals surface area contributed by atoms with Crippen LogP contribution in [-0.2, 0) is 10.0 Å². The van der Waals surface area contributed by atoms with E-state index in [0.29, 0.717) is 12.4 Å². The molecule has 0 spiro atoms. The minimum atomic E-state index is -4.07. The molecule has 0 radical (unpaired) electrons. The van der Waals surface area contributed by atoms with Gasteiger partial charge in [0, 0.05) is 11.8 Å². The summed E-state index contributed by atoms with van der Waals surface area (Å²) in [6.45, 7) is 3.86. The van der Waals surface area contributed by atoms with Gasteiger partial charge in [-0.15, -0.1) is 0 Å². The standard InChI is InChI=1S/C15H14N2O5S/c1-2-11-22-13-9-7-12(8-10-13)16-23(20,21)15-6-4-3-5-14(15)17(18)19/h2-10,16H,1,11H2. The Hall–Kier alpha value is -2.87. The van der Waals surface area contributed by atoms with Crippen molar-refractivity contribution >= 4 is 21.4 Å². The second kappa shape index (κ2) is 6.93. The summed E-state index contributed by atoms with van der Waals surface area (Å²) in [7, 11) is -4.07. The highest BCUT2D eigenvalue weighted by Crippen LogP contribution is 2.26. The minimum Gasteiger partial charge on any atom is -0.490 e. The number of para-hydroxylation sites is 1. The molecule has 0 aliphatic heterocycles. The Balaban J connectivity index is 2.25. The number of sulfonamides is 1. The molecule has 2 aromatic carbocycles. The fraction of sp³-hybridized carbons (Fsp3) is 0.0667. The average Bonchev–Trinajstić information content (AvgIpc) is 2.54. The molecule has 0 bridgehead atoms. The first-order chi connectivity index (χ1) is 10.9. The van der Waals surface area contributed by atoms with Crippen molar-refractivity contribution in [2.45, 2.75) is 4.90 Å². The summed E-state index contributed by atoms with van der Waals surface area (Å²) in [6, 6.07) is 11.3. The van der Waals surface area contributed by atoms with Crippen LogP contribution in [0.5, 0.6) is 5.75 Å². The smallest absolute Gasteiger partial charge is 0.289 e. The lowest BCUT2D eigenvalue weighted by Gasteiger charge is -2.09. The molecule has 0 aromatic heterocycles. The van der Waals surface area contributed by atoms with Crippen LogP contribution in [0.3, 0.4) is 0 Å². The quantitative estimate of drug-likeness (QED) is 0.477. The normalized spacial score (nSPS) is 10.8. The highest BCUT2D eigenvalue weighted by molar-refractivity contribution is 7.92. The van der Waals surface area contributed by atoms with E-state index in [4.69, 9.17) is 4.74 Å². The summed E-state index contributed by atoms with van der Waals surface area (Å²) in [5, 5.41) is 11.0. The van der Waals surface area contributed by atoms with Crippen LogP contribution in [0.4, 0.5) is 11.4 Å². The Morgan fingerprint density at radius 3 is 2.43 bits per heavy atom. The van der Waals surface area contributed by atoms with Crippen LogP contribution in [-0.4, -0.2) is 19.9 Å². The van der Waals surface area contributed by atoms with Crippen LogP contribution in [0.2, 0.25) is 0 Å². The molecule has 0 amide bonds. The SMILES string of the molecule is C=CCOc1ccc(NS(=O)(=O)c2ccccc2[N+](=O)[O-])cc1. The summed E-state index contributed by atoms with van der Waals surface area (Å²) in [6.07, 6.45) is 1.59. The van der Waals surface area contributed by atoms with Crippen LogP contribution in [0.1, 0.15) is 0 Å². The number of hydrogen-bond donors (Lipinski definition) is 1. The summed E-state index contributed by atoms with van der Waals surface area (Å²) >= 11 is 0. The summed E-state index contributed by atoms with van der Waals surface area (Å²) in [5.74, 6) is 0.554. The van der Waals surface area contributed by atoms with Gasteiger partial charge in [-0.2, -0.15) is 0 Å². The van der Waals surface area contributed by atoms with Gasteiger partial charge in [-0.1, -0.05) is 24.8 Å². The lowest BCUT2D eigenvalue weighted by molar-refractivity contribution is -0.387. The highest BCUT2D eigenvalue weighted by atomic mass is 32.2. The van der Waals surface area contributed by atoms with Crippen LogP contribution >= 0.6 is 0 Å². The van der Waals surface area contributed by atoms with Gasteiger partial charge in [0.1, 0.15) is 12.4 Å². The lowest BCUT2D eigenvalue weighted by Crippen LogP contribution is -2.14. The first-order valence-electron chi connectivity index (χ1n) is 6.54. The molecule has 2 rings (SSSR count). The van der Waals surface area contributed by atoms with Crippen molar-refractivity contribution in [3.8, 4) is 5.75 Å². The van der Waals surface area contributed by atoms with Crippen LogP contribution in [0.25, 0.3) is 0 Å². The maximum absolute atomic E-state index is 12.3. The Labute approximate surface area is 133 Å². The molecule has 0 saturated carbocycles. The van der Waals surface area contributed by atoms with E-state index >= 15 is 0 Å². The van der Waals surface area contributed by atoms with E-state index in [1.807, 2.05) is 0 Å². The van der Waals surface area contributed by atoms with Gasteiger partial charge in [0.05, 0.1) is 4.92 Å². The number of rotatable bonds is 7. The maximum Gasteiger partial charge on any atom is 0.289 e. The molecular formula is C15H14N2O5S. The highest BCUT2D eigenvalue weighted by Gasteiger charge is 2.25. The number of nitro benzene ring substituents is 1. The van der Waals surface area contributed by atoms with Gasteiger partial charge in [-0.3, -0.25) is 14.8 Å². The first-order valence-corrected chi connectivity index (χ1v) is 8.02. The zero-order valence-corrected chi connectivity index (χ0v) is 12.8. The zero-order chi connectivity index (χ0) is 16.9. The summed E-state index contributed by atoms with van der Waals surface area (Å²) < 4.78 is 32.2. The second-order valence-corrected chi connectivity index (χ2v) is 6.11. The number of nitrogens with zero attached hydrogens (tertiary/aromatic N) is 1. The molecule has 0 fully saturated rings. The molecule has 0 aliphatic rings. The largest absolute Gasteiger partial charge is 0.490 e. The van der Waals surface area contributed by atoms with Crippen molar-refractivity contribution in [2.24, 2.45) is 0 Å². The van der Waals surface area contributed by atoms with Crippen LogP contribution in [0, 0.1) is 10.1 Å². The van der Waals surface area contributed by atoms with Crippen molar-refractivity contribution in [3.63, 3.8) is 0 Å². The van der Waals surface area contributed by atoms with Gasteiger partial charge in [0.2, 0.25) is 0 Å². The molecule has 1 N–H and O–H groups in total. The Kier molecular flexibility index (Phi) is 4.97. The van der Waals surface area contributed by atoms with E-state index in [1.54, 1.807) is 18.2 Å². The van der Waals surface area contributed by atoms with Crippen molar-refractivity contribution in [1.82, 2.24) is 0 Å². The van der Waals surface area contributed by atoms with E-state index in [2.05, 4.69) is 11.3 Å². The summed E-state index contributed by atoms with van der Waals surface area (Å²) in [4.78, 5) is 9.83. The third-order valence-corrected chi connectivity index (χ3v) is 4.25. The molecule has 2 aromatic rings.